The van der Waals surface area contributed by atoms with Crippen LogP contribution in [0.2, 0.25) is 0 Å². The Kier molecular flexibility index (Phi) is 4.88. The van der Waals surface area contributed by atoms with Crippen LogP contribution in [0.1, 0.15) is 18.9 Å². The Labute approximate surface area is 120 Å². The number of nitrogens with zero attached hydrogens (tertiary/aromatic N) is 1. The van der Waals surface area contributed by atoms with Gasteiger partial charge in [0.1, 0.15) is 0 Å². The summed E-state index contributed by atoms with van der Waals surface area (Å²) in [6.45, 7) is 5.07. The van der Waals surface area contributed by atoms with Crippen molar-refractivity contribution in [1.82, 2.24) is 0 Å². The first-order valence-corrected chi connectivity index (χ1v) is 7.83. The largest absolute Gasteiger partial charge is 0.377 e. The Balaban J connectivity index is 2.25. The molecule has 0 N–H and O–H groups in total. The van der Waals surface area contributed by atoms with Crippen LogP contribution in [0.3, 0.4) is 0 Å². The molecule has 0 bridgehead atoms. The first-order chi connectivity index (χ1) is 8.20. The van der Waals surface area contributed by atoms with Gasteiger partial charge in [0.25, 0.3) is 0 Å². The highest BCUT2D eigenvalue weighted by Crippen LogP contribution is 2.27. The molecule has 0 aromatic heterocycles. The fourth-order valence-electron chi connectivity index (χ4n) is 2.18. The van der Waals surface area contributed by atoms with Crippen LogP contribution in [0.5, 0.6) is 0 Å². The van der Waals surface area contributed by atoms with Gasteiger partial charge in [0.05, 0.1) is 6.10 Å². The van der Waals surface area contributed by atoms with Crippen molar-refractivity contribution in [2.24, 2.45) is 0 Å². The van der Waals surface area contributed by atoms with Gasteiger partial charge in [0.15, 0.2) is 0 Å². The molecule has 0 radical (unpaired) electrons. The molecule has 1 heterocycles. The average Bonchev–Trinajstić information content (AvgIpc) is 2.53. The zero-order valence-electron chi connectivity index (χ0n) is 9.96. The van der Waals surface area contributed by atoms with Crippen LogP contribution >= 0.6 is 31.9 Å². The lowest BCUT2D eigenvalue weighted by atomic mass is 10.1. The Hall–Kier alpha value is -0.0600. The van der Waals surface area contributed by atoms with Gasteiger partial charge < -0.3 is 9.64 Å². The van der Waals surface area contributed by atoms with E-state index >= 15 is 0 Å². The van der Waals surface area contributed by atoms with Crippen LogP contribution in [0, 0.1) is 0 Å². The van der Waals surface area contributed by atoms with E-state index in [0.717, 1.165) is 35.9 Å². The van der Waals surface area contributed by atoms with Crippen molar-refractivity contribution in [2.45, 2.75) is 24.8 Å². The van der Waals surface area contributed by atoms with Crippen LogP contribution in [-0.4, -0.2) is 25.8 Å². The van der Waals surface area contributed by atoms with Crippen LogP contribution < -0.4 is 4.90 Å². The summed E-state index contributed by atoms with van der Waals surface area (Å²) in [5.74, 6) is 0. The van der Waals surface area contributed by atoms with E-state index in [1.807, 2.05) is 0 Å². The topological polar surface area (TPSA) is 12.5 Å². The second kappa shape index (κ2) is 6.21. The molecule has 17 heavy (non-hydrogen) atoms. The predicted molar refractivity (Wildman–Crippen MR) is 79.0 cm³/mol. The van der Waals surface area contributed by atoms with Crippen LogP contribution in [0.15, 0.2) is 22.7 Å². The van der Waals surface area contributed by atoms with E-state index in [4.69, 9.17) is 4.74 Å². The van der Waals surface area contributed by atoms with Gasteiger partial charge in [-0.15, -0.1) is 0 Å². The van der Waals surface area contributed by atoms with Crippen LogP contribution in [0.25, 0.3) is 0 Å². The summed E-state index contributed by atoms with van der Waals surface area (Å²) in [5.41, 5.74) is 2.65. The highest BCUT2D eigenvalue weighted by Gasteiger charge is 2.17. The average molecular weight is 363 g/mol. The Bertz CT molecular complexity index is 384. The number of ether oxygens (including phenoxy) is 1. The molecule has 1 aliphatic rings. The number of benzene rings is 1. The van der Waals surface area contributed by atoms with Crippen molar-refractivity contribution < 1.29 is 4.74 Å². The molecule has 0 spiro atoms. The summed E-state index contributed by atoms with van der Waals surface area (Å²) in [7, 11) is 0. The first kappa shape index (κ1) is 13.4. The van der Waals surface area contributed by atoms with E-state index in [1.165, 1.54) is 11.3 Å². The zero-order valence-corrected chi connectivity index (χ0v) is 13.1. The SMILES string of the molecule is CC1CN(c2ccc(Br)cc2CBr)CCCO1. The molecule has 94 valence electrons. The van der Waals surface area contributed by atoms with Gasteiger partial charge in [0.2, 0.25) is 0 Å². The number of rotatable bonds is 2. The minimum Gasteiger partial charge on any atom is -0.377 e. The minimum absolute atomic E-state index is 0.310. The predicted octanol–water partition coefficient (Wildman–Crippen LogP) is 3.96. The van der Waals surface area contributed by atoms with E-state index in [0.29, 0.717) is 6.10 Å². The van der Waals surface area contributed by atoms with Gasteiger partial charge in [-0.25, -0.2) is 0 Å². The number of anilines is 1. The monoisotopic (exact) mass is 361 g/mol. The number of alkyl halides is 1. The first-order valence-electron chi connectivity index (χ1n) is 5.91. The summed E-state index contributed by atoms with van der Waals surface area (Å²) in [6.07, 6.45) is 1.41. The molecule has 4 heteroatoms. The molecule has 1 aromatic rings. The fraction of sp³-hybridized carbons (Fsp3) is 0.538. The third-order valence-corrected chi connectivity index (χ3v) is 4.08. The standard InChI is InChI=1S/C13H17Br2NO/c1-10-9-16(5-2-6-17-10)13-4-3-12(15)7-11(13)8-14/h3-4,7,10H,2,5-6,8-9H2,1H3. The maximum Gasteiger partial charge on any atom is 0.0721 e. The molecule has 0 aliphatic carbocycles. The summed E-state index contributed by atoms with van der Waals surface area (Å²) in [5, 5.41) is 0.882. The van der Waals surface area contributed by atoms with E-state index in [-0.39, 0.29) is 0 Å². The lowest BCUT2D eigenvalue weighted by Crippen LogP contribution is -2.30. The molecule has 2 rings (SSSR count). The fourth-order valence-corrected chi connectivity index (χ4v) is 3.04. The highest BCUT2D eigenvalue weighted by atomic mass is 79.9. The molecule has 0 saturated carbocycles. The molecule has 1 atom stereocenters. The lowest BCUT2D eigenvalue weighted by Gasteiger charge is -2.26. The number of hydrogen-bond acceptors (Lipinski definition) is 2. The maximum absolute atomic E-state index is 5.69. The molecular weight excluding hydrogens is 346 g/mol. The van der Waals surface area contributed by atoms with E-state index < -0.39 is 0 Å². The molecule has 2 nitrogen and oxygen atoms in total. The van der Waals surface area contributed by atoms with Gasteiger partial charge in [-0.05, 0) is 37.1 Å². The molecule has 1 saturated heterocycles. The Morgan fingerprint density at radius 3 is 3.06 bits per heavy atom. The van der Waals surface area contributed by atoms with Gasteiger partial charge >= 0.3 is 0 Å². The summed E-state index contributed by atoms with van der Waals surface area (Å²) in [4.78, 5) is 2.43. The Morgan fingerprint density at radius 1 is 1.47 bits per heavy atom. The molecular formula is C13H17Br2NO. The third kappa shape index (κ3) is 3.46. The maximum atomic E-state index is 5.69. The lowest BCUT2D eigenvalue weighted by molar-refractivity contribution is 0.0821. The molecule has 1 unspecified atom stereocenters. The van der Waals surface area contributed by atoms with E-state index in [2.05, 4.69) is 61.9 Å². The van der Waals surface area contributed by atoms with Crippen molar-refractivity contribution in [3.8, 4) is 0 Å². The van der Waals surface area contributed by atoms with Gasteiger partial charge in [0, 0.05) is 35.2 Å². The van der Waals surface area contributed by atoms with Crippen molar-refractivity contribution in [1.29, 1.82) is 0 Å². The molecule has 1 fully saturated rings. The van der Waals surface area contributed by atoms with Crippen molar-refractivity contribution in [2.75, 3.05) is 24.6 Å². The third-order valence-electron chi connectivity index (χ3n) is 2.98. The van der Waals surface area contributed by atoms with Crippen molar-refractivity contribution >= 4 is 37.5 Å². The van der Waals surface area contributed by atoms with Gasteiger partial charge in [-0.1, -0.05) is 31.9 Å². The van der Waals surface area contributed by atoms with Gasteiger partial charge in [-0.3, -0.25) is 0 Å². The van der Waals surface area contributed by atoms with E-state index in [9.17, 15) is 0 Å². The number of hydrogen-bond donors (Lipinski definition) is 0. The minimum atomic E-state index is 0.310. The molecule has 1 aromatic carbocycles. The smallest absolute Gasteiger partial charge is 0.0721 e. The van der Waals surface area contributed by atoms with Gasteiger partial charge in [-0.2, -0.15) is 0 Å². The molecule has 0 amide bonds. The summed E-state index contributed by atoms with van der Waals surface area (Å²) in [6, 6.07) is 6.48. The normalized spacial score (nSPS) is 21.4. The van der Waals surface area contributed by atoms with Crippen LogP contribution in [0.4, 0.5) is 5.69 Å². The van der Waals surface area contributed by atoms with Crippen LogP contribution in [-0.2, 0) is 10.1 Å². The van der Waals surface area contributed by atoms with Crippen molar-refractivity contribution in [3.63, 3.8) is 0 Å². The van der Waals surface area contributed by atoms with Crippen molar-refractivity contribution in [3.05, 3.63) is 28.2 Å². The summed E-state index contributed by atoms with van der Waals surface area (Å²) >= 11 is 7.09. The molecule has 1 aliphatic heterocycles. The quantitative estimate of drug-likeness (QED) is 0.738. The zero-order chi connectivity index (χ0) is 12.3. The number of halogens is 2. The van der Waals surface area contributed by atoms with E-state index in [1.54, 1.807) is 0 Å². The second-order valence-corrected chi connectivity index (χ2v) is 5.86. The highest BCUT2D eigenvalue weighted by molar-refractivity contribution is 9.10. The second-order valence-electron chi connectivity index (χ2n) is 4.39. The Morgan fingerprint density at radius 2 is 2.29 bits per heavy atom. The summed E-state index contributed by atoms with van der Waals surface area (Å²) < 4.78 is 6.82.